The number of amides is 3. The number of aliphatic carboxylic acids is 3. The quantitative estimate of drug-likeness (QED) is 0.0793. The molecule has 3 atom stereocenters. The fourth-order valence-corrected chi connectivity index (χ4v) is 4.11. The van der Waals surface area contributed by atoms with Gasteiger partial charge in [-0.15, -0.1) is 0 Å². The molecule has 0 aliphatic carbocycles. The van der Waals surface area contributed by atoms with Crippen LogP contribution in [0.5, 0.6) is 0 Å². The van der Waals surface area contributed by atoms with Crippen LogP contribution in [0, 0.1) is 6.92 Å². The number of benzene rings is 1. The molecular formula is C32H44F6N6O10. The number of halogens is 6. The number of unbranched alkanes of at least 4 members (excludes halogenated alkanes) is 2. The number of nitrogens with zero attached hydrogens (tertiary/aromatic N) is 2. The lowest BCUT2D eigenvalue weighted by Crippen LogP contribution is -2.56. The van der Waals surface area contributed by atoms with Crippen LogP contribution in [-0.2, 0) is 48.2 Å². The Kier molecular flexibility index (Phi) is 21.8. The molecule has 1 heterocycles. The van der Waals surface area contributed by atoms with Gasteiger partial charge in [0.05, 0.1) is 13.0 Å². The Morgan fingerprint density at radius 2 is 1.31 bits per heavy atom. The lowest BCUT2D eigenvalue weighted by atomic mass is 10.0. The third-order valence-corrected chi connectivity index (χ3v) is 7.05. The molecule has 2 aromatic rings. The predicted molar refractivity (Wildman–Crippen MR) is 177 cm³/mol. The minimum absolute atomic E-state index is 0.0144. The first-order valence-corrected chi connectivity index (χ1v) is 16.1. The van der Waals surface area contributed by atoms with Crippen molar-refractivity contribution in [3.63, 3.8) is 0 Å². The molecule has 22 heteroatoms. The van der Waals surface area contributed by atoms with Gasteiger partial charge in [-0.1, -0.05) is 24.3 Å². The molecule has 0 saturated heterocycles. The summed E-state index contributed by atoms with van der Waals surface area (Å²) in [5.74, 6) is -7.59. The number of nitrogens with one attached hydrogen (secondary N) is 3. The Balaban J connectivity index is 0.00000169. The zero-order chi connectivity index (χ0) is 41.6. The molecule has 9 N–H and O–H groups in total. The molecule has 0 aliphatic heterocycles. The van der Waals surface area contributed by atoms with Crippen LogP contribution >= 0.6 is 0 Å². The van der Waals surface area contributed by atoms with Crippen LogP contribution in [0.15, 0.2) is 36.7 Å². The average Bonchev–Trinajstić information content (AvgIpc) is 3.49. The summed E-state index contributed by atoms with van der Waals surface area (Å²) >= 11 is 0. The standard InChI is InChI=1S/C28H42N6O6.2C2HF3O2/c1-19(28(39)40)31-26(37)23(8-3-5-13-29)33-27(38)24(18-35)32-25(36)17-22-11-9-21(10-12-22)7-4-6-15-34-16-14-30-20(34)2;2*3-2(4,5)1(6)7/h9-12,14,16,19,23-24,35H,3-8,13,15,17-18,29H2,1-2H3,(H,31,37)(H,32,36)(H,33,38)(H,39,40);2*(H,6,7)/t19-,23-,24-;;/m0../s1. The molecule has 304 valence electrons. The summed E-state index contributed by atoms with van der Waals surface area (Å²) in [7, 11) is 0. The molecular weight excluding hydrogens is 742 g/mol. The molecule has 3 amide bonds. The van der Waals surface area contributed by atoms with E-state index in [2.05, 4.69) is 25.5 Å². The SMILES string of the molecule is Cc1nccn1CCCCc1ccc(CC(=O)N[C@@H](CO)C(=O)N[C@@H](CCCCN)C(=O)N[C@@H](C)C(=O)O)cc1.O=C(O)C(F)(F)F.O=C(O)C(F)(F)F. The van der Waals surface area contributed by atoms with Gasteiger partial charge in [0.1, 0.15) is 23.9 Å². The molecule has 16 nitrogen and oxygen atoms in total. The smallest absolute Gasteiger partial charge is 0.480 e. The van der Waals surface area contributed by atoms with Crippen LogP contribution in [0.4, 0.5) is 26.3 Å². The van der Waals surface area contributed by atoms with Gasteiger partial charge in [0, 0.05) is 18.9 Å². The van der Waals surface area contributed by atoms with E-state index in [1.165, 1.54) is 6.92 Å². The topological polar surface area (TPSA) is 263 Å². The number of rotatable bonds is 18. The van der Waals surface area contributed by atoms with Crippen molar-refractivity contribution in [3.8, 4) is 0 Å². The molecule has 1 aromatic carbocycles. The van der Waals surface area contributed by atoms with Gasteiger partial charge in [0.2, 0.25) is 17.7 Å². The Morgan fingerprint density at radius 3 is 1.76 bits per heavy atom. The van der Waals surface area contributed by atoms with Crippen LogP contribution in [0.25, 0.3) is 0 Å². The summed E-state index contributed by atoms with van der Waals surface area (Å²) in [6.07, 6.45) is -2.07. The molecule has 0 bridgehead atoms. The number of aliphatic hydroxyl groups excluding tert-OH is 1. The first-order chi connectivity index (χ1) is 25.0. The molecule has 2 rings (SSSR count). The number of imidazole rings is 1. The Labute approximate surface area is 305 Å². The monoisotopic (exact) mass is 786 g/mol. The van der Waals surface area contributed by atoms with Gasteiger partial charge >= 0.3 is 30.3 Å². The van der Waals surface area contributed by atoms with Crippen molar-refractivity contribution in [1.82, 2.24) is 25.5 Å². The number of hydrogen-bond acceptors (Lipinski definition) is 9. The average molecular weight is 787 g/mol. The van der Waals surface area contributed by atoms with Crippen molar-refractivity contribution in [1.29, 1.82) is 0 Å². The number of nitrogens with two attached hydrogens (primary N) is 1. The number of carboxylic acids is 3. The number of hydrogen-bond donors (Lipinski definition) is 8. The van der Waals surface area contributed by atoms with Crippen LogP contribution in [0.3, 0.4) is 0 Å². The summed E-state index contributed by atoms with van der Waals surface area (Å²) < 4.78 is 65.6. The van der Waals surface area contributed by atoms with Crippen molar-refractivity contribution >= 4 is 35.6 Å². The van der Waals surface area contributed by atoms with Crippen molar-refractivity contribution in [3.05, 3.63) is 53.6 Å². The third-order valence-electron chi connectivity index (χ3n) is 7.05. The van der Waals surface area contributed by atoms with E-state index in [1.54, 1.807) is 6.20 Å². The highest BCUT2D eigenvalue weighted by Crippen LogP contribution is 2.14. The highest BCUT2D eigenvalue weighted by atomic mass is 19.4. The van der Waals surface area contributed by atoms with E-state index in [4.69, 9.17) is 30.6 Å². The lowest BCUT2D eigenvalue weighted by Gasteiger charge is -2.23. The molecule has 0 aliphatic rings. The van der Waals surface area contributed by atoms with E-state index in [0.717, 1.165) is 42.8 Å². The number of aromatic nitrogens is 2. The molecule has 0 radical (unpaired) electrons. The van der Waals surface area contributed by atoms with Crippen molar-refractivity contribution in [2.75, 3.05) is 13.2 Å². The lowest BCUT2D eigenvalue weighted by molar-refractivity contribution is -0.193. The number of carboxylic acid groups (broad SMARTS) is 3. The molecule has 0 fully saturated rings. The van der Waals surface area contributed by atoms with E-state index < -0.39 is 72.7 Å². The van der Waals surface area contributed by atoms with E-state index in [9.17, 15) is 50.6 Å². The van der Waals surface area contributed by atoms with Crippen LogP contribution in [0.2, 0.25) is 0 Å². The number of aliphatic hydroxyl groups is 1. The van der Waals surface area contributed by atoms with Gasteiger partial charge < -0.3 is 46.7 Å². The van der Waals surface area contributed by atoms with E-state index in [1.807, 2.05) is 37.4 Å². The van der Waals surface area contributed by atoms with Crippen molar-refractivity contribution in [2.24, 2.45) is 5.73 Å². The molecule has 0 unspecified atom stereocenters. The minimum atomic E-state index is -5.08. The zero-order valence-electron chi connectivity index (χ0n) is 29.2. The molecule has 54 heavy (non-hydrogen) atoms. The van der Waals surface area contributed by atoms with E-state index >= 15 is 0 Å². The third kappa shape index (κ3) is 20.7. The zero-order valence-corrected chi connectivity index (χ0v) is 29.2. The summed E-state index contributed by atoms with van der Waals surface area (Å²) in [5, 5.41) is 40.4. The van der Waals surface area contributed by atoms with Gasteiger partial charge in [-0.25, -0.2) is 14.6 Å². The maximum absolute atomic E-state index is 12.8. The Morgan fingerprint density at radius 1 is 0.796 bits per heavy atom. The maximum atomic E-state index is 12.8. The summed E-state index contributed by atoms with van der Waals surface area (Å²) in [6, 6.07) is 4.23. The first-order valence-electron chi connectivity index (χ1n) is 16.1. The van der Waals surface area contributed by atoms with Gasteiger partial charge in [-0.3, -0.25) is 19.2 Å². The maximum Gasteiger partial charge on any atom is 0.490 e. The van der Waals surface area contributed by atoms with Crippen molar-refractivity contribution in [2.45, 2.75) is 95.8 Å². The van der Waals surface area contributed by atoms with Gasteiger partial charge in [-0.2, -0.15) is 26.3 Å². The Hall–Kier alpha value is -5.25. The number of carbonyl (C=O) groups excluding carboxylic acids is 3. The number of aryl methyl sites for hydroxylation is 3. The van der Waals surface area contributed by atoms with Crippen molar-refractivity contribution < 1.29 is 75.5 Å². The second-order valence-corrected chi connectivity index (χ2v) is 11.4. The second-order valence-electron chi connectivity index (χ2n) is 11.4. The fraction of sp³-hybridized carbons (Fsp3) is 0.531. The van der Waals surface area contributed by atoms with Crippen LogP contribution in [-0.4, -0.2) is 109 Å². The highest BCUT2D eigenvalue weighted by Gasteiger charge is 2.39. The second kappa shape index (κ2) is 24.1. The summed E-state index contributed by atoms with van der Waals surface area (Å²) in [5.41, 5.74) is 7.43. The predicted octanol–water partition coefficient (Wildman–Crippen LogP) is 1.70. The van der Waals surface area contributed by atoms with Gasteiger partial charge in [0.25, 0.3) is 0 Å². The van der Waals surface area contributed by atoms with Gasteiger partial charge in [-0.05, 0) is 70.0 Å². The number of alkyl halides is 6. The molecule has 0 spiro atoms. The Bertz CT molecular complexity index is 1480. The summed E-state index contributed by atoms with van der Waals surface area (Å²) in [6.45, 7) is 3.94. The van der Waals surface area contributed by atoms with E-state index in [0.29, 0.717) is 19.4 Å². The highest BCUT2D eigenvalue weighted by molar-refractivity contribution is 5.93. The van der Waals surface area contributed by atoms with Gasteiger partial charge in [0.15, 0.2) is 0 Å². The minimum Gasteiger partial charge on any atom is -0.480 e. The van der Waals surface area contributed by atoms with Crippen LogP contribution < -0.4 is 21.7 Å². The first kappa shape index (κ1) is 48.8. The largest absolute Gasteiger partial charge is 0.490 e. The van der Waals surface area contributed by atoms with Crippen LogP contribution in [0.1, 0.15) is 56.0 Å². The molecule has 0 saturated carbocycles. The summed E-state index contributed by atoms with van der Waals surface area (Å²) in [4.78, 5) is 71.1. The normalized spacial score (nSPS) is 12.7. The van der Waals surface area contributed by atoms with E-state index in [-0.39, 0.29) is 12.8 Å². The molecule has 1 aromatic heterocycles. The number of carbonyl (C=O) groups is 6. The fourth-order valence-electron chi connectivity index (χ4n) is 4.11.